The van der Waals surface area contributed by atoms with Crippen molar-refractivity contribution in [3.8, 4) is 11.1 Å². The lowest BCUT2D eigenvalue weighted by molar-refractivity contribution is -0.136. The van der Waals surface area contributed by atoms with E-state index in [4.69, 9.17) is 0 Å². The third kappa shape index (κ3) is 5.22. The first-order valence-corrected chi connectivity index (χ1v) is 11.4. The summed E-state index contributed by atoms with van der Waals surface area (Å²) in [6.45, 7) is 2.43. The van der Waals surface area contributed by atoms with E-state index in [1.54, 1.807) is 0 Å². The summed E-state index contributed by atoms with van der Waals surface area (Å²) in [6.07, 6.45) is 4.56. The van der Waals surface area contributed by atoms with Crippen LogP contribution in [0.2, 0.25) is 0 Å². The highest BCUT2D eigenvalue weighted by molar-refractivity contribution is 5.98. The highest BCUT2D eigenvalue weighted by Crippen LogP contribution is 2.24. The lowest BCUT2D eigenvalue weighted by atomic mass is 9.89. The van der Waals surface area contributed by atoms with Gasteiger partial charge in [-0.15, -0.1) is 0 Å². The van der Waals surface area contributed by atoms with Gasteiger partial charge in [-0.3, -0.25) is 14.4 Å². The van der Waals surface area contributed by atoms with Gasteiger partial charge < -0.3 is 9.80 Å². The van der Waals surface area contributed by atoms with Crippen LogP contribution in [-0.2, 0) is 9.59 Å². The van der Waals surface area contributed by atoms with Crippen molar-refractivity contribution >= 4 is 17.6 Å². The minimum Gasteiger partial charge on any atom is -0.342 e. The second-order valence-corrected chi connectivity index (χ2v) is 8.57. The van der Waals surface area contributed by atoms with Gasteiger partial charge in [-0.05, 0) is 36.8 Å². The quantitative estimate of drug-likeness (QED) is 0.662. The lowest BCUT2D eigenvalue weighted by Gasteiger charge is -2.33. The van der Waals surface area contributed by atoms with Crippen molar-refractivity contribution in [2.24, 2.45) is 5.92 Å². The van der Waals surface area contributed by atoms with Crippen molar-refractivity contribution < 1.29 is 14.4 Å². The van der Waals surface area contributed by atoms with Gasteiger partial charge in [0.2, 0.25) is 11.8 Å². The Bertz CT molecular complexity index is 923. The fourth-order valence-electron chi connectivity index (χ4n) is 4.60. The van der Waals surface area contributed by atoms with E-state index in [1.807, 2.05) is 52.3 Å². The third-order valence-electron chi connectivity index (χ3n) is 6.44. The molecule has 2 heterocycles. The Morgan fingerprint density at radius 3 is 2.35 bits per heavy atom. The SMILES string of the molecule is O=C(c1ccc(-c2ccccc2)cc1)[C@@H]1CCCN(C(=O)CCN2CCCCC2=O)C1. The predicted molar refractivity (Wildman–Crippen MR) is 121 cm³/mol. The summed E-state index contributed by atoms with van der Waals surface area (Å²) < 4.78 is 0. The molecule has 2 aromatic carbocycles. The molecule has 2 aliphatic heterocycles. The van der Waals surface area contributed by atoms with Crippen LogP contribution in [-0.4, -0.2) is 53.6 Å². The van der Waals surface area contributed by atoms with Gasteiger partial charge in [-0.1, -0.05) is 54.6 Å². The number of Topliss-reactive ketones (excluding diaryl/α,β-unsaturated/α-hetero) is 1. The maximum absolute atomic E-state index is 13.1. The molecular formula is C26H30N2O3. The zero-order valence-corrected chi connectivity index (χ0v) is 18.0. The normalized spacial score (nSPS) is 19.4. The van der Waals surface area contributed by atoms with Crippen molar-refractivity contribution in [1.82, 2.24) is 9.80 Å². The number of hydrogen-bond acceptors (Lipinski definition) is 3. The molecule has 5 heteroatoms. The smallest absolute Gasteiger partial charge is 0.224 e. The number of carbonyl (C=O) groups is 3. The molecule has 0 radical (unpaired) electrons. The number of benzene rings is 2. The first-order valence-electron chi connectivity index (χ1n) is 11.4. The molecule has 5 nitrogen and oxygen atoms in total. The molecule has 2 amide bonds. The molecule has 2 aliphatic rings. The van der Waals surface area contributed by atoms with Crippen LogP contribution in [0.25, 0.3) is 11.1 Å². The van der Waals surface area contributed by atoms with E-state index in [1.165, 1.54) is 0 Å². The molecule has 2 fully saturated rings. The van der Waals surface area contributed by atoms with Crippen molar-refractivity contribution in [1.29, 1.82) is 0 Å². The first-order chi connectivity index (χ1) is 15.1. The summed E-state index contributed by atoms with van der Waals surface area (Å²) in [4.78, 5) is 41.4. The average molecular weight is 419 g/mol. The highest BCUT2D eigenvalue weighted by atomic mass is 16.2. The van der Waals surface area contributed by atoms with Crippen LogP contribution >= 0.6 is 0 Å². The molecule has 0 spiro atoms. The minimum atomic E-state index is -0.156. The van der Waals surface area contributed by atoms with Crippen LogP contribution in [0.15, 0.2) is 54.6 Å². The molecule has 0 aromatic heterocycles. The topological polar surface area (TPSA) is 57.7 Å². The van der Waals surface area contributed by atoms with Crippen LogP contribution in [0.3, 0.4) is 0 Å². The molecule has 0 unspecified atom stereocenters. The highest BCUT2D eigenvalue weighted by Gasteiger charge is 2.29. The molecule has 0 N–H and O–H groups in total. The largest absolute Gasteiger partial charge is 0.342 e. The van der Waals surface area contributed by atoms with Crippen LogP contribution in [0.4, 0.5) is 0 Å². The average Bonchev–Trinajstić information content (AvgIpc) is 2.83. The predicted octanol–water partition coefficient (Wildman–Crippen LogP) is 4.18. The number of carbonyl (C=O) groups excluding carboxylic acids is 3. The van der Waals surface area contributed by atoms with Gasteiger partial charge in [0.1, 0.15) is 0 Å². The van der Waals surface area contributed by atoms with Gasteiger partial charge in [-0.2, -0.15) is 0 Å². The molecule has 162 valence electrons. The zero-order valence-electron chi connectivity index (χ0n) is 18.0. The van der Waals surface area contributed by atoms with Crippen molar-refractivity contribution in [2.75, 3.05) is 26.2 Å². The Balaban J connectivity index is 1.33. The van der Waals surface area contributed by atoms with E-state index in [0.717, 1.165) is 43.4 Å². The summed E-state index contributed by atoms with van der Waals surface area (Å²) in [5.74, 6) is 0.167. The molecule has 2 saturated heterocycles. The second-order valence-electron chi connectivity index (χ2n) is 8.57. The van der Waals surface area contributed by atoms with E-state index < -0.39 is 0 Å². The monoisotopic (exact) mass is 418 g/mol. The van der Waals surface area contributed by atoms with Crippen molar-refractivity contribution in [3.63, 3.8) is 0 Å². The number of nitrogens with zero attached hydrogens (tertiary/aromatic N) is 2. The van der Waals surface area contributed by atoms with Crippen LogP contribution in [0.5, 0.6) is 0 Å². The zero-order chi connectivity index (χ0) is 21.6. The Labute approximate surface area is 184 Å². The second kappa shape index (κ2) is 9.90. The van der Waals surface area contributed by atoms with Crippen LogP contribution in [0, 0.1) is 5.92 Å². The van der Waals surface area contributed by atoms with E-state index in [9.17, 15) is 14.4 Å². The number of amides is 2. The molecular weight excluding hydrogens is 388 g/mol. The summed E-state index contributed by atoms with van der Waals surface area (Å²) in [7, 11) is 0. The number of piperidine rings is 2. The Kier molecular flexibility index (Phi) is 6.80. The lowest BCUT2D eigenvalue weighted by Crippen LogP contribution is -2.44. The third-order valence-corrected chi connectivity index (χ3v) is 6.44. The summed E-state index contributed by atoms with van der Waals surface area (Å²) >= 11 is 0. The molecule has 1 atom stereocenters. The first kappa shape index (κ1) is 21.3. The van der Waals surface area contributed by atoms with Gasteiger partial charge in [-0.25, -0.2) is 0 Å². The summed E-state index contributed by atoms with van der Waals surface area (Å²) in [5.41, 5.74) is 2.92. The Hall–Kier alpha value is -2.95. The maximum Gasteiger partial charge on any atom is 0.224 e. The van der Waals surface area contributed by atoms with E-state index in [2.05, 4.69) is 12.1 Å². The fraction of sp³-hybridized carbons (Fsp3) is 0.423. The van der Waals surface area contributed by atoms with Crippen molar-refractivity contribution in [3.05, 3.63) is 60.2 Å². The number of hydrogen-bond donors (Lipinski definition) is 0. The Morgan fingerprint density at radius 1 is 0.871 bits per heavy atom. The minimum absolute atomic E-state index is 0.0512. The van der Waals surface area contributed by atoms with Crippen molar-refractivity contribution in [2.45, 2.75) is 38.5 Å². The number of likely N-dealkylation sites (tertiary alicyclic amines) is 2. The van der Waals surface area contributed by atoms with Gasteiger partial charge in [0.15, 0.2) is 5.78 Å². The molecule has 0 bridgehead atoms. The van der Waals surface area contributed by atoms with E-state index in [0.29, 0.717) is 38.0 Å². The van der Waals surface area contributed by atoms with E-state index >= 15 is 0 Å². The number of rotatable bonds is 6. The van der Waals surface area contributed by atoms with Crippen LogP contribution in [0.1, 0.15) is 48.9 Å². The standard InChI is InChI=1S/C26H30N2O3/c29-24-10-4-5-16-27(24)18-15-25(30)28-17-6-9-23(19-28)26(31)22-13-11-21(12-14-22)20-7-2-1-3-8-20/h1-3,7-8,11-14,23H,4-6,9-10,15-19H2/t23-/m1/s1. The van der Waals surface area contributed by atoms with Gasteiger partial charge in [0, 0.05) is 50.5 Å². The van der Waals surface area contributed by atoms with Gasteiger partial charge in [0.05, 0.1) is 0 Å². The van der Waals surface area contributed by atoms with Crippen LogP contribution < -0.4 is 0 Å². The summed E-state index contributed by atoms with van der Waals surface area (Å²) in [5, 5.41) is 0. The van der Waals surface area contributed by atoms with E-state index in [-0.39, 0.29) is 23.5 Å². The van der Waals surface area contributed by atoms with Gasteiger partial charge in [0.25, 0.3) is 0 Å². The molecule has 0 saturated carbocycles. The Morgan fingerprint density at radius 2 is 1.61 bits per heavy atom. The summed E-state index contributed by atoms with van der Waals surface area (Å²) in [6, 6.07) is 17.9. The number of ketones is 1. The molecule has 0 aliphatic carbocycles. The molecule has 2 aromatic rings. The maximum atomic E-state index is 13.1. The molecule has 4 rings (SSSR count). The fourth-order valence-corrected chi connectivity index (χ4v) is 4.60. The van der Waals surface area contributed by atoms with Gasteiger partial charge >= 0.3 is 0 Å². The molecule has 31 heavy (non-hydrogen) atoms.